The summed E-state index contributed by atoms with van der Waals surface area (Å²) in [7, 11) is 1.77. The van der Waals surface area contributed by atoms with Crippen molar-refractivity contribution in [1.82, 2.24) is 9.97 Å². The fourth-order valence-corrected chi connectivity index (χ4v) is 8.52. The number of nitrogens with zero attached hydrogens (tertiary/aromatic N) is 1. The number of rotatable bonds is 7. The molecule has 4 aliphatic rings. The van der Waals surface area contributed by atoms with E-state index in [1.54, 1.807) is 12.7 Å². The summed E-state index contributed by atoms with van der Waals surface area (Å²) >= 11 is 0. The fourth-order valence-electron chi connectivity index (χ4n) is 8.52. The van der Waals surface area contributed by atoms with E-state index in [1.807, 2.05) is 12.3 Å². The number of pyridine rings is 1. The smallest absolute Gasteiger partial charge is 0.128 e. The molecule has 8 rings (SSSR count). The number of aryl methyl sites for hydroxylation is 1. The second-order valence-electron chi connectivity index (χ2n) is 11.9. The number of ether oxygens (including phenoxy) is 1. The Bertz CT molecular complexity index is 1400. The molecule has 4 nitrogen and oxygen atoms in total. The van der Waals surface area contributed by atoms with Crippen LogP contribution in [0.1, 0.15) is 62.5 Å². The number of benzene rings is 2. The van der Waals surface area contributed by atoms with Crippen LogP contribution in [0.15, 0.2) is 48.7 Å². The summed E-state index contributed by atoms with van der Waals surface area (Å²) in [5.74, 6) is 3.74. The Balaban J connectivity index is 1.41. The molecule has 0 radical (unpaired) electrons. The first-order valence-electron chi connectivity index (χ1n) is 13.9. The highest BCUT2D eigenvalue weighted by Crippen LogP contribution is 2.61. The molecule has 4 aromatic rings. The van der Waals surface area contributed by atoms with Crippen LogP contribution in [0.3, 0.4) is 0 Å². The molecule has 4 saturated carbocycles. The Kier molecular flexibility index (Phi) is 5.35. The molecule has 2 aromatic heterocycles. The molecule has 36 heavy (non-hydrogen) atoms. The zero-order chi connectivity index (χ0) is 24.3. The minimum Gasteiger partial charge on any atom is -0.496 e. The van der Waals surface area contributed by atoms with Crippen LogP contribution in [0.5, 0.6) is 5.75 Å². The zero-order valence-electron chi connectivity index (χ0n) is 21.4. The summed E-state index contributed by atoms with van der Waals surface area (Å²) in [6.07, 6.45) is 13.6. The van der Waals surface area contributed by atoms with Crippen molar-refractivity contribution in [3.8, 4) is 17.0 Å². The number of fused-ring (bicyclic) bond motifs is 2. The van der Waals surface area contributed by atoms with E-state index in [2.05, 4.69) is 46.4 Å². The van der Waals surface area contributed by atoms with Crippen LogP contribution in [0, 0.1) is 17.8 Å². The summed E-state index contributed by atoms with van der Waals surface area (Å²) in [5.41, 5.74) is 13.8. The van der Waals surface area contributed by atoms with Gasteiger partial charge in [-0.2, -0.15) is 0 Å². The molecule has 0 unspecified atom stereocenters. The van der Waals surface area contributed by atoms with Gasteiger partial charge in [0.15, 0.2) is 0 Å². The number of nitrogens with one attached hydrogen (secondary N) is 1. The van der Waals surface area contributed by atoms with E-state index in [0.29, 0.717) is 5.41 Å². The van der Waals surface area contributed by atoms with Gasteiger partial charge in [0.1, 0.15) is 5.75 Å². The average Bonchev–Trinajstić information content (AvgIpc) is 3.24. The van der Waals surface area contributed by atoms with Gasteiger partial charge in [-0.1, -0.05) is 12.1 Å². The van der Waals surface area contributed by atoms with E-state index < -0.39 is 0 Å². The molecule has 186 valence electrons. The molecule has 4 heteroatoms. The van der Waals surface area contributed by atoms with E-state index >= 15 is 0 Å². The molecule has 4 bridgehead atoms. The Labute approximate surface area is 213 Å². The van der Waals surface area contributed by atoms with Crippen LogP contribution in [0.2, 0.25) is 0 Å². The standard InChI is InChI=1S/C32H37N3O/c1-36-29-10-9-27-25(6-4-12-34-27)30(29)31-24(5-2-3-11-33)26-16-23(7-8-28(26)35-31)32-17-20-13-21(18-32)15-22(14-20)19-32/h4,6-10,12,16,20-22,35H,2-3,5,11,13-15,17-19,33H2,1H3. The van der Waals surface area contributed by atoms with Crippen molar-refractivity contribution in [2.24, 2.45) is 23.5 Å². The van der Waals surface area contributed by atoms with Crippen molar-refractivity contribution in [2.75, 3.05) is 13.7 Å². The first-order valence-corrected chi connectivity index (χ1v) is 13.9. The van der Waals surface area contributed by atoms with Gasteiger partial charge in [0.25, 0.3) is 0 Å². The van der Waals surface area contributed by atoms with Crippen LogP contribution in [0.4, 0.5) is 0 Å². The Morgan fingerprint density at radius 3 is 2.47 bits per heavy atom. The highest BCUT2D eigenvalue weighted by molar-refractivity contribution is 6.02. The molecule has 2 heterocycles. The highest BCUT2D eigenvalue weighted by atomic mass is 16.5. The minimum atomic E-state index is 0.399. The quantitative estimate of drug-likeness (QED) is 0.277. The molecule has 4 fully saturated rings. The molecule has 4 aliphatic carbocycles. The maximum Gasteiger partial charge on any atom is 0.128 e. The number of hydrogen-bond donors (Lipinski definition) is 2. The van der Waals surface area contributed by atoms with Gasteiger partial charge < -0.3 is 15.5 Å². The van der Waals surface area contributed by atoms with Crippen LogP contribution in [0.25, 0.3) is 33.1 Å². The first kappa shape index (κ1) is 22.4. The molecular weight excluding hydrogens is 442 g/mol. The summed E-state index contributed by atoms with van der Waals surface area (Å²) < 4.78 is 5.91. The van der Waals surface area contributed by atoms with Gasteiger partial charge >= 0.3 is 0 Å². The van der Waals surface area contributed by atoms with E-state index in [1.165, 1.54) is 60.7 Å². The van der Waals surface area contributed by atoms with Crippen LogP contribution < -0.4 is 10.5 Å². The maximum atomic E-state index is 5.91. The third kappa shape index (κ3) is 3.48. The van der Waals surface area contributed by atoms with Crippen molar-refractivity contribution in [2.45, 2.75) is 63.2 Å². The Morgan fingerprint density at radius 2 is 1.75 bits per heavy atom. The zero-order valence-corrected chi connectivity index (χ0v) is 21.4. The Hall–Kier alpha value is -2.85. The summed E-state index contributed by atoms with van der Waals surface area (Å²) in [6, 6.07) is 15.7. The number of aromatic amines is 1. The topological polar surface area (TPSA) is 63.9 Å². The lowest BCUT2D eigenvalue weighted by Gasteiger charge is -2.57. The van der Waals surface area contributed by atoms with Crippen LogP contribution in [-0.2, 0) is 11.8 Å². The van der Waals surface area contributed by atoms with Gasteiger partial charge in [0, 0.05) is 28.0 Å². The maximum absolute atomic E-state index is 5.91. The normalized spacial score (nSPS) is 26.8. The summed E-state index contributed by atoms with van der Waals surface area (Å²) in [5, 5.41) is 2.52. The molecule has 2 aromatic carbocycles. The lowest BCUT2D eigenvalue weighted by atomic mass is 9.48. The largest absolute Gasteiger partial charge is 0.496 e. The van der Waals surface area contributed by atoms with Crippen molar-refractivity contribution < 1.29 is 4.74 Å². The minimum absolute atomic E-state index is 0.399. The second-order valence-corrected chi connectivity index (χ2v) is 11.9. The average molecular weight is 480 g/mol. The lowest BCUT2D eigenvalue weighted by Crippen LogP contribution is -2.48. The van der Waals surface area contributed by atoms with E-state index in [-0.39, 0.29) is 0 Å². The molecular formula is C32H37N3O. The molecule has 0 atom stereocenters. The van der Waals surface area contributed by atoms with Gasteiger partial charge in [0.2, 0.25) is 0 Å². The molecule has 0 aliphatic heterocycles. The predicted octanol–water partition coefficient (Wildman–Crippen LogP) is 7.14. The van der Waals surface area contributed by atoms with Gasteiger partial charge in [-0.15, -0.1) is 0 Å². The number of methoxy groups -OCH3 is 1. The van der Waals surface area contributed by atoms with Crippen molar-refractivity contribution in [3.63, 3.8) is 0 Å². The SMILES string of the molecule is COc1ccc2ncccc2c1-c1[nH]c2ccc(C34CC5CC(CC(C5)C3)C4)cc2c1CCCCN. The third-order valence-corrected chi connectivity index (χ3v) is 9.65. The van der Waals surface area contributed by atoms with Crippen molar-refractivity contribution in [3.05, 3.63) is 59.8 Å². The van der Waals surface area contributed by atoms with Gasteiger partial charge in [-0.05, 0) is 129 Å². The van der Waals surface area contributed by atoms with Crippen molar-refractivity contribution >= 4 is 21.8 Å². The molecule has 3 N–H and O–H groups in total. The van der Waals surface area contributed by atoms with Gasteiger partial charge in [-0.25, -0.2) is 0 Å². The molecule has 0 spiro atoms. The van der Waals surface area contributed by atoms with Gasteiger partial charge in [-0.3, -0.25) is 4.98 Å². The molecule has 0 amide bonds. The monoisotopic (exact) mass is 479 g/mol. The predicted molar refractivity (Wildman–Crippen MR) is 147 cm³/mol. The second kappa shape index (κ2) is 8.62. The lowest BCUT2D eigenvalue weighted by molar-refractivity contribution is -0.00513. The Morgan fingerprint density at radius 1 is 0.972 bits per heavy atom. The third-order valence-electron chi connectivity index (χ3n) is 9.65. The fraction of sp³-hybridized carbons (Fsp3) is 0.469. The first-order chi connectivity index (χ1) is 17.7. The van der Waals surface area contributed by atoms with E-state index in [4.69, 9.17) is 10.5 Å². The van der Waals surface area contributed by atoms with Crippen LogP contribution in [-0.4, -0.2) is 23.6 Å². The summed E-state index contributed by atoms with van der Waals surface area (Å²) in [4.78, 5) is 8.47. The molecule has 0 saturated heterocycles. The number of aromatic nitrogens is 2. The summed E-state index contributed by atoms with van der Waals surface area (Å²) in [6.45, 7) is 0.734. The number of H-pyrrole nitrogens is 1. The highest BCUT2D eigenvalue weighted by Gasteiger charge is 2.51. The number of nitrogens with two attached hydrogens (primary N) is 1. The van der Waals surface area contributed by atoms with Crippen molar-refractivity contribution in [1.29, 1.82) is 0 Å². The number of hydrogen-bond acceptors (Lipinski definition) is 3. The number of unbranched alkanes of at least 4 members (excludes halogenated alkanes) is 1. The van der Waals surface area contributed by atoms with E-state index in [0.717, 1.165) is 65.8 Å². The van der Waals surface area contributed by atoms with E-state index in [9.17, 15) is 0 Å². The van der Waals surface area contributed by atoms with Crippen LogP contribution >= 0.6 is 0 Å². The van der Waals surface area contributed by atoms with Gasteiger partial charge in [0.05, 0.1) is 18.3 Å².